The van der Waals surface area contributed by atoms with Crippen LogP contribution >= 0.6 is 15.9 Å². The average molecular weight is 503 g/mol. The second kappa shape index (κ2) is 9.17. The third kappa shape index (κ3) is 4.67. The van der Waals surface area contributed by atoms with Crippen molar-refractivity contribution < 1.29 is 4.79 Å². The van der Waals surface area contributed by atoms with E-state index < -0.39 is 0 Å². The molecule has 33 heavy (non-hydrogen) atoms. The first kappa shape index (κ1) is 21.4. The minimum Gasteiger partial charge on any atom is -0.368 e. The minimum atomic E-state index is 0.0749. The fourth-order valence-corrected chi connectivity index (χ4v) is 4.38. The zero-order chi connectivity index (χ0) is 22.8. The Morgan fingerprint density at radius 1 is 0.970 bits per heavy atom. The molecule has 166 valence electrons. The number of rotatable bonds is 4. The van der Waals surface area contributed by atoms with Gasteiger partial charge in [-0.25, -0.2) is 4.98 Å². The topological polar surface area (TPSA) is 96.2 Å². The van der Waals surface area contributed by atoms with E-state index in [9.17, 15) is 4.79 Å². The van der Waals surface area contributed by atoms with Crippen molar-refractivity contribution in [1.82, 2.24) is 20.2 Å². The zero-order valence-corrected chi connectivity index (χ0v) is 19.5. The van der Waals surface area contributed by atoms with E-state index in [2.05, 4.69) is 36.5 Å². The summed E-state index contributed by atoms with van der Waals surface area (Å²) in [5.74, 6) is 0.928. The van der Waals surface area contributed by atoms with E-state index in [1.165, 1.54) is 0 Å². The lowest BCUT2D eigenvalue weighted by Gasteiger charge is -2.27. The van der Waals surface area contributed by atoms with Crippen molar-refractivity contribution in [3.63, 3.8) is 0 Å². The Bertz CT molecular complexity index is 1320. The van der Waals surface area contributed by atoms with Crippen molar-refractivity contribution in [3.05, 3.63) is 76.8 Å². The van der Waals surface area contributed by atoms with Crippen molar-refractivity contribution in [2.45, 2.75) is 0 Å². The normalized spacial score (nSPS) is 13.8. The predicted molar refractivity (Wildman–Crippen MR) is 136 cm³/mol. The molecule has 4 aromatic rings. The summed E-state index contributed by atoms with van der Waals surface area (Å²) in [5.41, 5.74) is 10.3. The highest BCUT2D eigenvalue weighted by atomic mass is 79.9. The van der Waals surface area contributed by atoms with E-state index in [4.69, 9.17) is 5.73 Å². The van der Waals surface area contributed by atoms with Crippen LogP contribution in [0.3, 0.4) is 0 Å². The highest BCUT2D eigenvalue weighted by Gasteiger charge is 2.18. The summed E-state index contributed by atoms with van der Waals surface area (Å²) >= 11 is 3.50. The summed E-state index contributed by atoms with van der Waals surface area (Å²) in [6.45, 7) is 3.15. The lowest BCUT2D eigenvalue weighted by atomic mass is 10.0. The number of nitrogens with two attached hydrogens (primary N) is 1. The largest absolute Gasteiger partial charge is 0.368 e. The number of benzene rings is 3. The molecule has 1 aliphatic heterocycles. The van der Waals surface area contributed by atoms with E-state index >= 15 is 0 Å². The van der Waals surface area contributed by atoms with Crippen molar-refractivity contribution in [2.75, 3.05) is 37.2 Å². The maximum Gasteiger partial charge on any atom is 0.253 e. The number of carbonyl (C=O) groups excluding carboxylic acids is 1. The second-order valence-corrected chi connectivity index (χ2v) is 8.83. The van der Waals surface area contributed by atoms with Gasteiger partial charge in [-0.2, -0.15) is 4.98 Å². The molecule has 0 atom stereocenters. The summed E-state index contributed by atoms with van der Waals surface area (Å²) in [6.07, 6.45) is 0. The van der Waals surface area contributed by atoms with Crippen molar-refractivity contribution >= 4 is 50.2 Å². The molecule has 1 fully saturated rings. The van der Waals surface area contributed by atoms with Gasteiger partial charge in [-0.3, -0.25) is 4.79 Å². The molecule has 3 aromatic carbocycles. The Balaban J connectivity index is 1.46. The van der Waals surface area contributed by atoms with Gasteiger partial charge in [0.1, 0.15) is 5.82 Å². The highest BCUT2D eigenvalue weighted by Crippen LogP contribution is 2.30. The van der Waals surface area contributed by atoms with Crippen LogP contribution in [-0.2, 0) is 0 Å². The fourth-order valence-electron chi connectivity index (χ4n) is 3.98. The lowest BCUT2D eigenvalue weighted by molar-refractivity contribution is 0.0736. The Kier molecular flexibility index (Phi) is 5.93. The first-order chi connectivity index (χ1) is 16.1. The monoisotopic (exact) mass is 502 g/mol. The Morgan fingerprint density at radius 3 is 2.48 bits per heavy atom. The van der Waals surface area contributed by atoms with Gasteiger partial charge in [-0.15, -0.1) is 0 Å². The molecule has 2 heterocycles. The van der Waals surface area contributed by atoms with Crippen molar-refractivity contribution in [1.29, 1.82) is 0 Å². The number of halogens is 1. The van der Waals surface area contributed by atoms with Crippen LogP contribution in [-0.4, -0.2) is 47.0 Å². The molecule has 0 spiro atoms. The van der Waals surface area contributed by atoms with E-state index in [1.54, 1.807) is 0 Å². The van der Waals surface area contributed by atoms with Crippen LogP contribution in [0, 0.1) is 0 Å². The molecule has 1 amide bonds. The molecular weight excluding hydrogens is 480 g/mol. The fraction of sp³-hybridized carbons (Fsp3) is 0.160. The summed E-state index contributed by atoms with van der Waals surface area (Å²) in [6, 6.07) is 21.6. The predicted octanol–water partition coefficient (Wildman–Crippen LogP) is 4.43. The number of hydrogen-bond donors (Lipinski definition) is 3. The van der Waals surface area contributed by atoms with Crippen LogP contribution in [0.4, 0.5) is 17.5 Å². The highest BCUT2D eigenvalue weighted by molar-refractivity contribution is 9.10. The van der Waals surface area contributed by atoms with Gasteiger partial charge in [0, 0.05) is 47.3 Å². The molecule has 0 aliphatic carbocycles. The standard InChI is InChI=1S/C25H23BrN6O/c26-19-2-1-3-20(15-19)29-23-21-14-18(8-9-22(21)30-25(27)31-23)16-4-6-17(7-5-16)24(33)32-12-10-28-11-13-32/h1-9,14-15,28H,10-13H2,(H3,27,29,30,31). The van der Waals surface area contributed by atoms with E-state index in [0.717, 1.165) is 58.4 Å². The molecule has 8 heteroatoms. The number of amides is 1. The number of nitrogens with zero attached hydrogens (tertiary/aromatic N) is 3. The van der Waals surface area contributed by atoms with Gasteiger partial charge in [-0.05, 0) is 53.6 Å². The molecule has 4 N–H and O–H groups in total. The van der Waals surface area contributed by atoms with Crippen LogP contribution in [0.2, 0.25) is 0 Å². The van der Waals surface area contributed by atoms with Crippen molar-refractivity contribution in [3.8, 4) is 11.1 Å². The van der Waals surface area contributed by atoms with Gasteiger partial charge in [0.15, 0.2) is 0 Å². The van der Waals surface area contributed by atoms with E-state index in [0.29, 0.717) is 11.4 Å². The van der Waals surface area contributed by atoms with E-state index in [-0.39, 0.29) is 11.9 Å². The Morgan fingerprint density at radius 2 is 1.73 bits per heavy atom. The Labute approximate surface area is 200 Å². The molecular formula is C25H23BrN6O. The third-order valence-electron chi connectivity index (χ3n) is 5.67. The smallest absolute Gasteiger partial charge is 0.253 e. The molecule has 1 saturated heterocycles. The van der Waals surface area contributed by atoms with E-state index in [1.807, 2.05) is 71.6 Å². The average Bonchev–Trinajstić information content (AvgIpc) is 2.84. The maximum absolute atomic E-state index is 12.8. The van der Waals surface area contributed by atoms with Gasteiger partial charge in [0.05, 0.1) is 5.52 Å². The van der Waals surface area contributed by atoms with Crippen LogP contribution in [0.15, 0.2) is 71.2 Å². The molecule has 0 bridgehead atoms. The number of anilines is 3. The van der Waals surface area contributed by atoms with Crippen LogP contribution in [0.5, 0.6) is 0 Å². The summed E-state index contributed by atoms with van der Waals surface area (Å²) in [7, 11) is 0. The molecule has 0 unspecified atom stereocenters. The summed E-state index contributed by atoms with van der Waals surface area (Å²) < 4.78 is 0.968. The first-order valence-corrected chi connectivity index (χ1v) is 11.6. The number of nitrogen functional groups attached to an aromatic ring is 1. The Hall–Kier alpha value is -3.49. The zero-order valence-electron chi connectivity index (χ0n) is 17.9. The number of piperazine rings is 1. The summed E-state index contributed by atoms with van der Waals surface area (Å²) in [5, 5.41) is 7.49. The van der Waals surface area contributed by atoms with Crippen LogP contribution < -0.4 is 16.4 Å². The molecule has 7 nitrogen and oxygen atoms in total. The molecule has 5 rings (SSSR count). The quantitative estimate of drug-likeness (QED) is 0.382. The van der Waals surface area contributed by atoms with Gasteiger partial charge in [-0.1, -0.05) is 40.2 Å². The maximum atomic E-state index is 12.8. The van der Waals surface area contributed by atoms with Crippen LogP contribution in [0.25, 0.3) is 22.0 Å². The second-order valence-electron chi connectivity index (χ2n) is 7.92. The van der Waals surface area contributed by atoms with Gasteiger partial charge in [0.2, 0.25) is 5.95 Å². The van der Waals surface area contributed by atoms with Gasteiger partial charge in [0.25, 0.3) is 5.91 Å². The molecule has 1 aromatic heterocycles. The van der Waals surface area contributed by atoms with Crippen molar-refractivity contribution in [2.24, 2.45) is 0 Å². The van der Waals surface area contributed by atoms with Gasteiger partial charge < -0.3 is 21.3 Å². The number of fused-ring (bicyclic) bond motifs is 1. The number of aromatic nitrogens is 2. The lowest BCUT2D eigenvalue weighted by Crippen LogP contribution is -2.46. The number of hydrogen-bond acceptors (Lipinski definition) is 6. The SMILES string of the molecule is Nc1nc(Nc2cccc(Br)c2)c2cc(-c3ccc(C(=O)N4CCNCC4)cc3)ccc2n1. The third-order valence-corrected chi connectivity index (χ3v) is 6.16. The minimum absolute atomic E-state index is 0.0749. The van der Waals surface area contributed by atoms with Gasteiger partial charge >= 0.3 is 0 Å². The first-order valence-electron chi connectivity index (χ1n) is 10.8. The molecule has 1 aliphatic rings. The number of carbonyl (C=O) groups is 1. The molecule has 0 saturated carbocycles. The molecule has 0 radical (unpaired) electrons. The van der Waals surface area contributed by atoms with Crippen LogP contribution in [0.1, 0.15) is 10.4 Å². The summed E-state index contributed by atoms with van der Waals surface area (Å²) in [4.78, 5) is 23.5. The number of nitrogens with one attached hydrogen (secondary N) is 2.